The number of nitrogens with zero attached hydrogens (tertiary/aromatic N) is 1. The maximum atomic E-state index is 5.42. The van der Waals surface area contributed by atoms with E-state index in [0.29, 0.717) is 6.79 Å². The number of fused-ring (bicyclic) bond motifs is 1. The van der Waals surface area contributed by atoms with Gasteiger partial charge in [0, 0.05) is 19.6 Å². The van der Waals surface area contributed by atoms with Gasteiger partial charge in [-0.1, -0.05) is 54.6 Å². The van der Waals surface area contributed by atoms with Crippen molar-refractivity contribution in [3.63, 3.8) is 0 Å². The molecule has 0 bridgehead atoms. The summed E-state index contributed by atoms with van der Waals surface area (Å²) in [5, 5.41) is 0. The minimum absolute atomic E-state index is 0. The van der Waals surface area contributed by atoms with Crippen LogP contribution in [0.25, 0.3) is 6.08 Å². The van der Waals surface area contributed by atoms with Crippen molar-refractivity contribution in [1.29, 1.82) is 0 Å². The van der Waals surface area contributed by atoms with Crippen molar-refractivity contribution in [3.05, 3.63) is 77.4 Å². The van der Waals surface area contributed by atoms with Gasteiger partial charge in [0.15, 0.2) is 11.5 Å². The Labute approximate surface area is 155 Å². The Morgan fingerprint density at radius 1 is 0.960 bits per heavy atom. The summed E-state index contributed by atoms with van der Waals surface area (Å²) in [7, 11) is 0. The summed E-state index contributed by atoms with van der Waals surface area (Å²) in [4.78, 5) is 2.48. The molecule has 25 heavy (non-hydrogen) atoms. The highest BCUT2D eigenvalue weighted by Crippen LogP contribution is 2.33. The standard InChI is InChI=1S/C21H21NO2.ClH/c1-2-4-19(5-3-1)15-22-12-10-17(11-13-22)6-7-18-8-9-20-21(14-18)24-16-23-20;/h1-10,14H,11-13,15-16H2;1H. The highest BCUT2D eigenvalue weighted by atomic mass is 35.5. The molecule has 0 amide bonds. The van der Waals surface area contributed by atoms with E-state index in [1.165, 1.54) is 11.1 Å². The molecular weight excluding hydrogens is 334 g/mol. The molecule has 4 rings (SSSR count). The lowest BCUT2D eigenvalue weighted by atomic mass is 10.1. The van der Waals surface area contributed by atoms with Crippen LogP contribution in [-0.4, -0.2) is 24.8 Å². The molecule has 0 atom stereocenters. The van der Waals surface area contributed by atoms with Gasteiger partial charge in [-0.3, -0.25) is 4.90 Å². The number of hydrogen-bond acceptors (Lipinski definition) is 3. The first-order valence-corrected chi connectivity index (χ1v) is 8.40. The smallest absolute Gasteiger partial charge is 0.231 e. The summed E-state index contributed by atoms with van der Waals surface area (Å²) in [5.41, 5.74) is 3.93. The van der Waals surface area contributed by atoms with Gasteiger partial charge in [-0.05, 0) is 35.3 Å². The molecule has 4 heteroatoms. The topological polar surface area (TPSA) is 21.7 Å². The van der Waals surface area contributed by atoms with Crippen LogP contribution in [-0.2, 0) is 6.54 Å². The van der Waals surface area contributed by atoms with Crippen molar-refractivity contribution in [1.82, 2.24) is 4.90 Å². The van der Waals surface area contributed by atoms with E-state index in [0.717, 1.165) is 43.1 Å². The quantitative estimate of drug-likeness (QED) is 0.794. The first-order valence-electron chi connectivity index (χ1n) is 8.40. The molecular formula is C21H22ClNO2. The van der Waals surface area contributed by atoms with E-state index in [2.05, 4.69) is 59.5 Å². The van der Waals surface area contributed by atoms with Gasteiger partial charge in [-0.25, -0.2) is 0 Å². The van der Waals surface area contributed by atoms with E-state index >= 15 is 0 Å². The number of halogens is 1. The van der Waals surface area contributed by atoms with Crippen LogP contribution in [0.5, 0.6) is 11.5 Å². The second-order valence-corrected chi connectivity index (χ2v) is 6.20. The zero-order valence-electron chi connectivity index (χ0n) is 14.1. The molecule has 2 aromatic rings. The summed E-state index contributed by atoms with van der Waals surface area (Å²) in [6, 6.07) is 16.7. The van der Waals surface area contributed by atoms with Crippen molar-refractivity contribution in [2.24, 2.45) is 0 Å². The van der Waals surface area contributed by atoms with Crippen molar-refractivity contribution < 1.29 is 9.47 Å². The van der Waals surface area contributed by atoms with Gasteiger partial charge in [-0.15, -0.1) is 12.4 Å². The molecule has 3 nitrogen and oxygen atoms in total. The van der Waals surface area contributed by atoms with Gasteiger partial charge in [0.25, 0.3) is 0 Å². The molecule has 0 unspecified atom stereocenters. The van der Waals surface area contributed by atoms with Crippen LogP contribution >= 0.6 is 12.4 Å². The van der Waals surface area contributed by atoms with E-state index < -0.39 is 0 Å². The Kier molecular flexibility index (Phi) is 5.79. The third kappa shape index (κ3) is 4.44. The Morgan fingerprint density at radius 2 is 1.80 bits per heavy atom. The average molecular weight is 356 g/mol. The minimum Gasteiger partial charge on any atom is -0.454 e. The van der Waals surface area contributed by atoms with E-state index in [-0.39, 0.29) is 12.4 Å². The third-order valence-corrected chi connectivity index (χ3v) is 4.46. The van der Waals surface area contributed by atoms with E-state index in [9.17, 15) is 0 Å². The van der Waals surface area contributed by atoms with E-state index in [1.54, 1.807) is 0 Å². The van der Waals surface area contributed by atoms with Crippen molar-refractivity contribution >= 4 is 18.5 Å². The number of benzene rings is 2. The minimum atomic E-state index is 0. The highest BCUT2D eigenvalue weighted by Gasteiger charge is 2.13. The molecule has 2 heterocycles. The van der Waals surface area contributed by atoms with Gasteiger partial charge < -0.3 is 9.47 Å². The van der Waals surface area contributed by atoms with E-state index in [1.807, 2.05) is 12.1 Å². The van der Waals surface area contributed by atoms with Crippen LogP contribution in [0.4, 0.5) is 0 Å². The molecule has 0 radical (unpaired) electrons. The fraction of sp³-hybridized carbons (Fsp3) is 0.238. The lowest BCUT2D eigenvalue weighted by Crippen LogP contribution is -2.27. The Hall–Kier alpha value is -2.23. The lowest BCUT2D eigenvalue weighted by molar-refractivity contribution is 0.174. The highest BCUT2D eigenvalue weighted by molar-refractivity contribution is 5.85. The lowest BCUT2D eigenvalue weighted by Gasteiger charge is -2.25. The molecule has 2 aliphatic heterocycles. The van der Waals surface area contributed by atoms with Crippen LogP contribution in [0, 0.1) is 0 Å². The van der Waals surface area contributed by atoms with Crippen LogP contribution in [0.15, 0.2) is 66.3 Å². The van der Waals surface area contributed by atoms with E-state index in [4.69, 9.17) is 9.47 Å². The predicted octanol–water partition coefficient (Wildman–Crippen LogP) is 4.68. The Balaban J connectivity index is 0.00000182. The number of rotatable bonds is 4. The molecule has 2 aromatic carbocycles. The largest absolute Gasteiger partial charge is 0.454 e. The summed E-state index contributed by atoms with van der Waals surface area (Å²) in [6.07, 6.45) is 7.79. The zero-order valence-corrected chi connectivity index (χ0v) is 14.9. The van der Waals surface area contributed by atoms with Gasteiger partial charge in [0.1, 0.15) is 0 Å². The van der Waals surface area contributed by atoms with Crippen LogP contribution in [0.2, 0.25) is 0 Å². The second-order valence-electron chi connectivity index (χ2n) is 6.20. The molecule has 0 saturated heterocycles. The summed E-state index contributed by atoms with van der Waals surface area (Å²) < 4.78 is 10.8. The first kappa shape index (κ1) is 17.6. The maximum Gasteiger partial charge on any atom is 0.231 e. The number of hydrogen-bond donors (Lipinski definition) is 0. The van der Waals surface area contributed by atoms with Gasteiger partial charge in [-0.2, -0.15) is 0 Å². The van der Waals surface area contributed by atoms with Crippen LogP contribution in [0.3, 0.4) is 0 Å². The number of ether oxygens (including phenoxy) is 2. The van der Waals surface area contributed by atoms with Gasteiger partial charge >= 0.3 is 0 Å². The fourth-order valence-electron chi connectivity index (χ4n) is 3.08. The summed E-state index contributed by atoms with van der Waals surface area (Å²) in [5.74, 6) is 1.67. The SMILES string of the molecule is C(=Cc1ccc2c(c1)OCO2)C1=CCN(Cc2ccccc2)CC1.Cl. The van der Waals surface area contributed by atoms with Crippen LogP contribution in [0.1, 0.15) is 17.5 Å². The second kappa shape index (κ2) is 8.24. The zero-order chi connectivity index (χ0) is 16.2. The summed E-state index contributed by atoms with van der Waals surface area (Å²) >= 11 is 0. The monoisotopic (exact) mass is 355 g/mol. The molecule has 2 aliphatic rings. The molecule has 0 aromatic heterocycles. The summed E-state index contributed by atoms with van der Waals surface area (Å²) in [6.45, 7) is 3.46. The van der Waals surface area contributed by atoms with Crippen molar-refractivity contribution in [3.8, 4) is 11.5 Å². The molecule has 0 N–H and O–H groups in total. The van der Waals surface area contributed by atoms with Crippen molar-refractivity contribution in [2.45, 2.75) is 13.0 Å². The van der Waals surface area contributed by atoms with Gasteiger partial charge in [0.05, 0.1) is 0 Å². The molecule has 0 aliphatic carbocycles. The number of allylic oxidation sites excluding steroid dienone is 1. The predicted molar refractivity (Wildman–Crippen MR) is 103 cm³/mol. The van der Waals surface area contributed by atoms with Crippen molar-refractivity contribution in [2.75, 3.05) is 19.9 Å². The van der Waals surface area contributed by atoms with Gasteiger partial charge in [0.2, 0.25) is 6.79 Å². The maximum absolute atomic E-state index is 5.42. The average Bonchev–Trinajstić information content (AvgIpc) is 3.10. The van der Waals surface area contributed by atoms with Crippen LogP contribution < -0.4 is 9.47 Å². The molecule has 0 saturated carbocycles. The fourth-order valence-corrected chi connectivity index (χ4v) is 3.08. The normalized spacial score (nSPS) is 16.6. The molecule has 130 valence electrons. The third-order valence-electron chi connectivity index (χ3n) is 4.46. The molecule has 0 fully saturated rings. The Morgan fingerprint density at radius 3 is 2.60 bits per heavy atom. The first-order chi connectivity index (χ1) is 11.9. The Bertz CT molecular complexity index is 771. The molecule has 0 spiro atoms.